The minimum Gasteiger partial charge on any atom is -0.464 e. The Labute approximate surface area is 146 Å². The second-order valence-corrected chi connectivity index (χ2v) is 6.97. The maximum Gasteiger partial charge on any atom is 0.340 e. The molecule has 1 aromatic carbocycles. The summed E-state index contributed by atoms with van der Waals surface area (Å²) in [5.74, 6) is 0.365. The average Bonchev–Trinajstić information content (AvgIpc) is 2.90. The van der Waals surface area contributed by atoms with Gasteiger partial charge in [-0.1, -0.05) is 13.8 Å². The number of nitrogens with one attached hydrogen (secondary N) is 1. The topological polar surface area (TPSA) is 72.5 Å². The largest absolute Gasteiger partial charge is 0.464 e. The van der Waals surface area contributed by atoms with E-state index < -0.39 is 5.63 Å². The van der Waals surface area contributed by atoms with Gasteiger partial charge in [0.05, 0.1) is 18.2 Å². The molecule has 0 spiro atoms. The number of rotatable bonds is 5. The highest BCUT2D eigenvalue weighted by Crippen LogP contribution is 2.28. The molecule has 1 amide bonds. The maximum atomic E-state index is 12.3. The van der Waals surface area contributed by atoms with Gasteiger partial charge in [0, 0.05) is 23.4 Å². The normalized spacial score (nSPS) is 11.6. The third kappa shape index (κ3) is 3.45. The van der Waals surface area contributed by atoms with Crippen LogP contribution in [0, 0.1) is 19.8 Å². The molecule has 0 bridgehead atoms. The van der Waals surface area contributed by atoms with Gasteiger partial charge in [0.15, 0.2) is 0 Å². The number of carbonyl (C=O) groups excluding carboxylic acids is 1. The molecule has 25 heavy (non-hydrogen) atoms. The van der Waals surface area contributed by atoms with Crippen molar-refractivity contribution in [1.82, 2.24) is 5.32 Å². The van der Waals surface area contributed by atoms with Crippen molar-refractivity contribution >= 4 is 27.8 Å². The Balaban J connectivity index is 1.95. The van der Waals surface area contributed by atoms with E-state index in [0.29, 0.717) is 29.2 Å². The maximum absolute atomic E-state index is 12.3. The minimum absolute atomic E-state index is 0.0323. The second kappa shape index (κ2) is 6.75. The van der Waals surface area contributed by atoms with Crippen molar-refractivity contribution in [3.05, 3.63) is 45.5 Å². The van der Waals surface area contributed by atoms with Crippen molar-refractivity contribution in [2.45, 2.75) is 40.5 Å². The van der Waals surface area contributed by atoms with Gasteiger partial charge in [-0.3, -0.25) is 4.79 Å². The van der Waals surface area contributed by atoms with Crippen LogP contribution in [0.25, 0.3) is 21.9 Å². The molecule has 0 saturated carbocycles. The molecular weight excluding hydrogens is 318 g/mol. The van der Waals surface area contributed by atoms with Crippen LogP contribution in [-0.4, -0.2) is 12.5 Å². The van der Waals surface area contributed by atoms with Crippen LogP contribution in [0.3, 0.4) is 0 Å². The lowest BCUT2D eigenvalue weighted by Crippen LogP contribution is -2.29. The summed E-state index contributed by atoms with van der Waals surface area (Å²) >= 11 is 0. The quantitative estimate of drug-likeness (QED) is 0.715. The van der Waals surface area contributed by atoms with E-state index in [0.717, 1.165) is 28.3 Å². The number of aryl methyl sites for hydroxylation is 2. The van der Waals surface area contributed by atoms with Crippen molar-refractivity contribution in [2.75, 3.05) is 6.54 Å². The second-order valence-electron chi connectivity index (χ2n) is 6.97. The number of hydrogen-bond donors (Lipinski definition) is 1. The molecular formula is C20H23NO4. The summed E-state index contributed by atoms with van der Waals surface area (Å²) in [7, 11) is 0. The standard InChI is InChI=1S/C20H23NO4/c1-11(2)5-6-21-19(22)8-16-13(4)15-7-14-12(3)10-24-17(14)9-18(15)25-20(16)23/h7,9-11H,5-6,8H2,1-4H3,(H,21,22). The first-order valence-electron chi connectivity index (χ1n) is 8.57. The lowest BCUT2D eigenvalue weighted by molar-refractivity contribution is -0.120. The van der Waals surface area contributed by atoms with E-state index in [1.54, 1.807) is 12.3 Å². The zero-order valence-electron chi connectivity index (χ0n) is 15.1. The lowest BCUT2D eigenvalue weighted by atomic mass is 10.0. The van der Waals surface area contributed by atoms with Crippen molar-refractivity contribution in [2.24, 2.45) is 5.92 Å². The summed E-state index contributed by atoms with van der Waals surface area (Å²) in [6.45, 7) is 8.65. The number of furan rings is 1. The Morgan fingerprint density at radius 2 is 1.92 bits per heavy atom. The van der Waals surface area contributed by atoms with E-state index in [4.69, 9.17) is 8.83 Å². The molecule has 0 unspecified atom stereocenters. The first-order valence-corrected chi connectivity index (χ1v) is 8.57. The predicted octanol–water partition coefficient (Wildman–Crippen LogP) is 3.86. The van der Waals surface area contributed by atoms with Gasteiger partial charge < -0.3 is 14.2 Å². The van der Waals surface area contributed by atoms with Gasteiger partial charge in [0.2, 0.25) is 5.91 Å². The monoisotopic (exact) mass is 341 g/mol. The van der Waals surface area contributed by atoms with Gasteiger partial charge in [0.1, 0.15) is 11.2 Å². The van der Waals surface area contributed by atoms with Crippen molar-refractivity contribution in [3.63, 3.8) is 0 Å². The lowest BCUT2D eigenvalue weighted by Gasteiger charge is -2.09. The third-order valence-corrected chi connectivity index (χ3v) is 4.56. The van der Waals surface area contributed by atoms with E-state index in [2.05, 4.69) is 19.2 Å². The first kappa shape index (κ1) is 17.3. The molecule has 0 aliphatic heterocycles. The van der Waals surface area contributed by atoms with E-state index in [-0.39, 0.29) is 12.3 Å². The smallest absolute Gasteiger partial charge is 0.340 e. The molecule has 3 rings (SSSR count). The van der Waals surface area contributed by atoms with Crippen LogP contribution in [0.2, 0.25) is 0 Å². The van der Waals surface area contributed by atoms with Crippen LogP contribution in [0.1, 0.15) is 37.0 Å². The zero-order valence-corrected chi connectivity index (χ0v) is 15.1. The van der Waals surface area contributed by atoms with Gasteiger partial charge >= 0.3 is 5.63 Å². The predicted molar refractivity (Wildman–Crippen MR) is 97.9 cm³/mol. The highest BCUT2D eigenvalue weighted by atomic mass is 16.4. The van der Waals surface area contributed by atoms with Gasteiger partial charge in [0.25, 0.3) is 0 Å². The Morgan fingerprint density at radius 1 is 1.16 bits per heavy atom. The molecule has 0 fully saturated rings. The summed E-state index contributed by atoms with van der Waals surface area (Å²) in [5, 5.41) is 4.68. The molecule has 0 aliphatic rings. The molecule has 3 aromatic rings. The molecule has 0 saturated heterocycles. The van der Waals surface area contributed by atoms with E-state index in [1.807, 2.05) is 19.9 Å². The Kier molecular flexibility index (Phi) is 4.66. The Morgan fingerprint density at radius 3 is 2.64 bits per heavy atom. The Hall–Kier alpha value is -2.56. The van der Waals surface area contributed by atoms with E-state index >= 15 is 0 Å². The van der Waals surface area contributed by atoms with Gasteiger partial charge in [-0.05, 0) is 43.4 Å². The molecule has 1 N–H and O–H groups in total. The molecule has 0 atom stereocenters. The van der Waals surface area contributed by atoms with Gasteiger partial charge in [-0.25, -0.2) is 4.79 Å². The summed E-state index contributed by atoms with van der Waals surface area (Å²) < 4.78 is 10.9. The summed E-state index contributed by atoms with van der Waals surface area (Å²) in [5.41, 5.74) is 2.92. The molecule has 0 radical (unpaired) electrons. The molecule has 5 heteroatoms. The van der Waals surface area contributed by atoms with E-state index in [1.165, 1.54) is 0 Å². The minimum atomic E-state index is -0.466. The first-order chi connectivity index (χ1) is 11.9. The summed E-state index contributed by atoms with van der Waals surface area (Å²) in [6, 6.07) is 3.69. The molecule has 2 aromatic heterocycles. The highest BCUT2D eigenvalue weighted by molar-refractivity contribution is 5.96. The third-order valence-electron chi connectivity index (χ3n) is 4.56. The fourth-order valence-corrected chi connectivity index (χ4v) is 2.96. The van der Waals surface area contributed by atoms with Crippen LogP contribution in [0.5, 0.6) is 0 Å². The van der Waals surface area contributed by atoms with Gasteiger partial charge in [-0.15, -0.1) is 0 Å². The molecule has 2 heterocycles. The number of amides is 1. The summed E-state index contributed by atoms with van der Waals surface area (Å²) in [4.78, 5) is 24.5. The fraction of sp³-hybridized carbons (Fsp3) is 0.400. The van der Waals surface area contributed by atoms with Crippen LogP contribution in [0.4, 0.5) is 0 Å². The van der Waals surface area contributed by atoms with Gasteiger partial charge in [-0.2, -0.15) is 0 Å². The van der Waals surface area contributed by atoms with Crippen molar-refractivity contribution < 1.29 is 13.6 Å². The van der Waals surface area contributed by atoms with E-state index in [9.17, 15) is 9.59 Å². The zero-order chi connectivity index (χ0) is 18.1. The summed E-state index contributed by atoms with van der Waals surface area (Å²) in [6.07, 6.45) is 2.62. The van der Waals surface area contributed by atoms with Crippen LogP contribution in [-0.2, 0) is 11.2 Å². The number of fused-ring (bicyclic) bond motifs is 2. The number of hydrogen-bond acceptors (Lipinski definition) is 4. The number of benzene rings is 1. The van der Waals surface area contributed by atoms with Crippen LogP contribution >= 0.6 is 0 Å². The Bertz CT molecular complexity index is 994. The fourth-order valence-electron chi connectivity index (χ4n) is 2.96. The van der Waals surface area contributed by atoms with Crippen molar-refractivity contribution in [1.29, 1.82) is 0 Å². The van der Waals surface area contributed by atoms with Crippen LogP contribution < -0.4 is 10.9 Å². The SMILES string of the molecule is Cc1coc2cc3oc(=O)c(CC(=O)NCCC(C)C)c(C)c3cc12. The number of carbonyl (C=O) groups is 1. The average molecular weight is 341 g/mol. The molecule has 132 valence electrons. The van der Waals surface area contributed by atoms with Crippen LogP contribution in [0.15, 0.2) is 32.0 Å². The molecule has 5 nitrogen and oxygen atoms in total. The molecule has 0 aliphatic carbocycles. The highest BCUT2D eigenvalue weighted by Gasteiger charge is 2.16. The van der Waals surface area contributed by atoms with Crippen molar-refractivity contribution in [3.8, 4) is 0 Å².